The van der Waals surface area contributed by atoms with E-state index in [0.717, 1.165) is 30.9 Å². The highest BCUT2D eigenvalue weighted by molar-refractivity contribution is 8.02. The quantitative estimate of drug-likeness (QED) is 0.367. The number of fused-ring (bicyclic) bond motifs is 1. The molecule has 40 heavy (non-hydrogen) atoms. The SMILES string of the molecule is C=CCN(C)C(=O)[C@@H]1[C@H]2C(=O)N([C@@H](CC)CO)C(C(=O)N(CC=C)c3ccc(N(CC)CC)cc3)C23CC[C@H]1S3. The van der Waals surface area contributed by atoms with Gasteiger partial charge >= 0.3 is 0 Å². The van der Waals surface area contributed by atoms with Gasteiger partial charge in [0.05, 0.1) is 29.2 Å². The molecule has 1 spiro atoms. The largest absolute Gasteiger partial charge is 0.394 e. The first-order chi connectivity index (χ1) is 19.2. The van der Waals surface area contributed by atoms with Gasteiger partial charge in [-0.3, -0.25) is 14.4 Å². The lowest BCUT2D eigenvalue weighted by atomic mass is 9.70. The molecule has 1 N–H and O–H groups in total. The highest BCUT2D eigenvalue weighted by Crippen LogP contribution is 2.67. The predicted octanol–water partition coefficient (Wildman–Crippen LogP) is 3.56. The lowest BCUT2D eigenvalue weighted by molar-refractivity contribution is -0.144. The number of likely N-dealkylation sites (tertiary alicyclic amines) is 1. The summed E-state index contributed by atoms with van der Waals surface area (Å²) in [6.07, 6.45) is 5.36. The number of hydrogen-bond donors (Lipinski definition) is 1. The summed E-state index contributed by atoms with van der Waals surface area (Å²) in [6, 6.07) is 6.66. The first kappa shape index (κ1) is 30.2. The first-order valence-corrected chi connectivity index (χ1v) is 15.4. The fraction of sp³-hybridized carbons (Fsp3) is 0.581. The van der Waals surface area contributed by atoms with E-state index in [1.807, 2.05) is 31.2 Å². The van der Waals surface area contributed by atoms with Crippen molar-refractivity contribution in [3.63, 3.8) is 0 Å². The molecule has 2 unspecified atom stereocenters. The number of aliphatic hydroxyl groups excluding tert-OH is 1. The Kier molecular flexibility index (Phi) is 9.35. The van der Waals surface area contributed by atoms with E-state index in [2.05, 4.69) is 31.9 Å². The van der Waals surface area contributed by atoms with Gasteiger partial charge in [0, 0.05) is 49.9 Å². The second-order valence-electron chi connectivity index (χ2n) is 11.0. The van der Waals surface area contributed by atoms with Crippen LogP contribution in [0, 0.1) is 11.8 Å². The van der Waals surface area contributed by atoms with Gasteiger partial charge in [-0.05, 0) is 57.4 Å². The molecular weight excluding hydrogens is 524 g/mol. The molecule has 8 nitrogen and oxygen atoms in total. The van der Waals surface area contributed by atoms with E-state index in [1.165, 1.54) is 0 Å². The third-order valence-corrected chi connectivity index (χ3v) is 10.9. The molecule has 218 valence electrons. The van der Waals surface area contributed by atoms with Crippen molar-refractivity contribution < 1.29 is 19.5 Å². The third kappa shape index (κ3) is 4.85. The van der Waals surface area contributed by atoms with Crippen LogP contribution in [0.1, 0.15) is 40.0 Å². The van der Waals surface area contributed by atoms with Gasteiger partial charge in [0.2, 0.25) is 11.8 Å². The maximum Gasteiger partial charge on any atom is 0.251 e. The Morgan fingerprint density at radius 2 is 1.73 bits per heavy atom. The maximum atomic E-state index is 14.7. The molecule has 6 atom stereocenters. The van der Waals surface area contributed by atoms with Gasteiger partial charge in [0.25, 0.3) is 5.91 Å². The summed E-state index contributed by atoms with van der Waals surface area (Å²) < 4.78 is -0.711. The van der Waals surface area contributed by atoms with Crippen LogP contribution in [0.15, 0.2) is 49.6 Å². The first-order valence-electron chi connectivity index (χ1n) is 14.5. The van der Waals surface area contributed by atoms with Crippen molar-refractivity contribution in [3.05, 3.63) is 49.6 Å². The van der Waals surface area contributed by atoms with Crippen LogP contribution in [-0.4, -0.2) is 94.5 Å². The fourth-order valence-electron chi connectivity index (χ4n) is 7.03. The molecule has 0 aliphatic carbocycles. The van der Waals surface area contributed by atoms with Gasteiger partial charge in [-0.1, -0.05) is 19.1 Å². The summed E-state index contributed by atoms with van der Waals surface area (Å²) in [6.45, 7) is 16.0. The summed E-state index contributed by atoms with van der Waals surface area (Å²) in [5.74, 6) is -1.53. The van der Waals surface area contributed by atoms with Crippen LogP contribution in [-0.2, 0) is 14.4 Å². The number of amides is 3. The van der Waals surface area contributed by atoms with E-state index < -0.39 is 28.7 Å². The van der Waals surface area contributed by atoms with Gasteiger partial charge < -0.3 is 24.7 Å². The lowest BCUT2D eigenvalue weighted by Crippen LogP contribution is -2.57. The number of thioether (sulfide) groups is 1. The topological polar surface area (TPSA) is 84.4 Å². The van der Waals surface area contributed by atoms with Crippen molar-refractivity contribution in [1.82, 2.24) is 9.80 Å². The van der Waals surface area contributed by atoms with Crippen LogP contribution < -0.4 is 9.80 Å². The second kappa shape index (κ2) is 12.4. The number of carbonyl (C=O) groups excluding carboxylic acids is 3. The van der Waals surface area contributed by atoms with Crippen LogP contribution in [0.2, 0.25) is 0 Å². The highest BCUT2D eigenvalue weighted by atomic mass is 32.2. The van der Waals surface area contributed by atoms with Crippen molar-refractivity contribution in [2.45, 2.75) is 62.1 Å². The molecule has 3 saturated heterocycles. The molecule has 1 aromatic carbocycles. The van der Waals surface area contributed by atoms with Crippen molar-refractivity contribution in [3.8, 4) is 0 Å². The third-order valence-electron chi connectivity index (χ3n) is 8.98. The Morgan fingerprint density at radius 1 is 1.10 bits per heavy atom. The van der Waals surface area contributed by atoms with E-state index in [9.17, 15) is 19.5 Å². The summed E-state index contributed by atoms with van der Waals surface area (Å²) >= 11 is 1.65. The molecule has 3 fully saturated rings. The number of hydrogen-bond acceptors (Lipinski definition) is 6. The minimum absolute atomic E-state index is 0.0124. The van der Waals surface area contributed by atoms with E-state index >= 15 is 0 Å². The monoisotopic (exact) mass is 568 g/mol. The zero-order valence-corrected chi connectivity index (χ0v) is 25.1. The lowest BCUT2D eigenvalue weighted by Gasteiger charge is -2.39. The van der Waals surface area contributed by atoms with E-state index in [1.54, 1.807) is 45.7 Å². The van der Waals surface area contributed by atoms with Crippen LogP contribution in [0.4, 0.5) is 11.4 Å². The molecule has 1 aromatic rings. The minimum Gasteiger partial charge on any atom is -0.394 e. The van der Waals surface area contributed by atoms with Gasteiger partial charge in [0.15, 0.2) is 0 Å². The van der Waals surface area contributed by atoms with Gasteiger partial charge in [-0.2, -0.15) is 0 Å². The summed E-state index contributed by atoms with van der Waals surface area (Å²) in [5.41, 5.74) is 1.82. The molecule has 0 aromatic heterocycles. The molecule has 3 heterocycles. The number of nitrogens with zero attached hydrogens (tertiary/aromatic N) is 4. The van der Waals surface area contributed by atoms with E-state index in [4.69, 9.17) is 0 Å². The van der Waals surface area contributed by atoms with Crippen molar-refractivity contribution in [1.29, 1.82) is 0 Å². The number of benzene rings is 1. The van der Waals surface area contributed by atoms with Crippen molar-refractivity contribution in [2.75, 3.05) is 49.6 Å². The number of likely N-dealkylation sites (N-methyl/N-ethyl adjacent to an activating group) is 1. The van der Waals surface area contributed by atoms with Crippen LogP contribution in [0.5, 0.6) is 0 Å². The zero-order valence-electron chi connectivity index (χ0n) is 24.3. The molecule has 3 aliphatic heterocycles. The molecule has 3 amide bonds. The Labute approximate surface area is 243 Å². The van der Waals surface area contributed by atoms with Crippen molar-refractivity contribution in [2.24, 2.45) is 11.8 Å². The molecule has 3 aliphatic rings. The second-order valence-corrected chi connectivity index (χ2v) is 12.6. The Bertz CT molecular complexity index is 1120. The average molecular weight is 569 g/mol. The maximum absolute atomic E-state index is 14.7. The number of carbonyl (C=O) groups is 3. The van der Waals surface area contributed by atoms with E-state index in [0.29, 0.717) is 19.4 Å². The standard InChI is InChI=1S/C31H44N4O4S/c1-7-18-32(6)28(37)25-24-16-17-31(40-24)26(25)29(38)35(21(9-3)20-36)27(31)30(39)34(19-8-2)23-14-12-22(13-15-23)33(10-4)11-5/h7-8,12-15,21,24-27,36H,1-2,9-11,16-20H2,3-6H3/t21-,24+,25-,26-,27?,31?/m0/s1. The highest BCUT2D eigenvalue weighted by Gasteiger charge is 2.74. The van der Waals surface area contributed by atoms with E-state index in [-0.39, 0.29) is 36.1 Å². The Balaban J connectivity index is 1.76. The number of rotatable bonds is 13. The summed E-state index contributed by atoms with van der Waals surface area (Å²) in [5, 5.41) is 10.3. The van der Waals surface area contributed by atoms with Crippen molar-refractivity contribution >= 4 is 40.9 Å². The Hall–Kier alpha value is -2.78. The molecular formula is C31H44N4O4S. The van der Waals surface area contributed by atoms with Crippen LogP contribution >= 0.6 is 11.8 Å². The summed E-state index contributed by atoms with van der Waals surface area (Å²) in [7, 11) is 1.74. The average Bonchev–Trinajstić information content (AvgIpc) is 3.61. The molecule has 0 saturated carbocycles. The molecule has 4 rings (SSSR count). The normalized spacial score (nSPS) is 27.3. The molecule has 0 radical (unpaired) electrons. The minimum atomic E-state index is -0.776. The Morgan fingerprint density at radius 3 is 2.27 bits per heavy atom. The number of aliphatic hydroxyl groups is 1. The van der Waals surface area contributed by atoms with Gasteiger partial charge in [-0.15, -0.1) is 24.9 Å². The zero-order chi connectivity index (χ0) is 29.2. The fourth-order valence-corrected chi connectivity index (χ4v) is 9.22. The van der Waals surface area contributed by atoms with Crippen LogP contribution in [0.3, 0.4) is 0 Å². The predicted molar refractivity (Wildman–Crippen MR) is 163 cm³/mol. The molecule has 2 bridgehead atoms. The summed E-state index contributed by atoms with van der Waals surface area (Å²) in [4.78, 5) is 49.8. The molecule has 9 heteroatoms. The van der Waals surface area contributed by atoms with Crippen LogP contribution in [0.25, 0.3) is 0 Å². The van der Waals surface area contributed by atoms with Gasteiger partial charge in [-0.25, -0.2) is 0 Å². The number of anilines is 2. The smallest absolute Gasteiger partial charge is 0.251 e. The van der Waals surface area contributed by atoms with Gasteiger partial charge in [0.1, 0.15) is 6.04 Å².